The molecule has 1 aromatic rings. The Morgan fingerprint density at radius 2 is 2.13 bits per heavy atom. The summed E-state index contributed by atoms with van der Waals surface area (Å²) in [7, 11) is 0. The van der Waals surface area contributed by atoms with Crippen molar-refractivity contribution in [1.82, 2.24) is 0 Å². The SMILES string of the molecule is CC(=Nc1ccccc1C)SCC(=O)O. The highest BCUT2D eigenvalue weighted by atomic mass is 32.2. The number of para-hydroxylation sites is 1. The van der Waals surface area contributed by atoms with Crippen molar-refractivity contribution in [3.05, 3.63) is 29.8 Å². The molecule has 0 fully saturated rings. The Bertz CT molecular complexity index is 388. The average molecular weight is 223 g/mol. The fourth-order valence-electron chi connectivity index (χ4n) is 1.06. The Labute approximate surface area is 93.2 Å². The van der Waals surface area contributed by atoms with Gasteiger partial charge in [-0.05, 0) is 25.5 Å². The van der Waals surface area contributed by atoms with Crippen molar-refractivity contribution >= 4 is 28.5 Å². The standard InChI is InChI=1S/C11H13NO2S/c1-8-5-3-4-6-10(8)12-9(2)15-7-11(13)14/h3-6H,7H2,1-2H3,(H,13,14). The number of carbonyl (C=O) groups is 1. The second-order valence-corrected chi connectivity index (χ2v) is 4.27. The molecule has 0 spiro atoms. The van der Waals surface area contributed by atoms with E-state index in [9.17, 15) is 4.79 Å². The first-order valence-electron chi connectivity index (χ1n) is 4.55. The first-order valence-corrected chi connectivity index (χ1v) is 5.53. The number of aryl methyl sites for hydroxylation is 1. The fraction of sp³-hybridized carbons (Fsp3) is 0.273. The van der Waals surface area contributed by atoms with Crippen LogP contribution in [0.1, 0.15) is 12.5 Å². The number of aliphatic carboxylic acids is 1. The van der Waals surface area contributed by atoms with Gasteiger partial charge in [-0.2, -0.15) is 0 Å². The first kappa shape index (κ1) is 11.8. The summed E-state index contributed by atoms with van der Waals surface area (Å²) < 4.78 is 0. The Morgan fingerprint density at radius 1 is 1.47 bits per heavy atom. The molecule has 1 rings (SSSR count). The van der Waals surface area contributed by atoms with Crippen LogP contribution in [0.15, 0.2) is 29.3 Å². The number of carboxylic acids is 1. The highest BCUT2D eigenvalue weighted by Gasteiger charge is 2.00. The molecule has 0 aliphatic heterocycles. The van der Waals surface area contributed by atoms with Gasteiger partial charge in [0.2, 0.25) is 0 Å². The van der Waals surface area contributed by atoms with Crippen LogP contribution in [-0.4, -0.2) is 21.9 Å². The lowest BCUT2D eigenvalue weighted by atomic mass is 10.2. The zero-order valence-electron chi connectivity index (χ0n) is 8.73. The lowest BCUT2D eigenvalue weighted by Gasteiger charge is -2.01. The number of carboxylic acid groups (broad SMARTS) is 1. The van der Waals surface area contributed by atoms with Crippen molar-refractivity contribution in [2.45, 2.75) is 13.8 Å². The van der Waals surface area contributed by atoms with Crippen LogP contribution in [-0.2, 0) is 4.79 Å². The molecule has 0 aromatic heterocycles. The second kappa shape index (κ2) is 5.56. The largest absolute Gasteiger partial charge is 0.481 e. The highest BCUT2D eigenvalue weighted by molar-refractivity contribution is 8.14. The summed E-state index contributed by atoms with van der Waals surface area (Å²) in [5, 5.41) is 9.28. The maximum atomic E-state index is 10.3. The van der Waals surface area contributed by atoms with E-state index < -0.39 is 5.97 Å². The van der Waals surface area contributed by atoms with E-state index >= 15 is 0 Å². The molecule has 0 saturated heterocycles. The number of aliphatic imine (C=N–C) groups is 1. The number of nitrogens with zero attached hydrogens (tertiary/aromatic N) is 1. The third kappa shape index (κ3) is 4.16. The first-order chi connectivity index (χ1) is 7.09. The molecule has 4 heteroatoms. The molecule has 15 heavy (non-hydrogen) atoms. The van der Waals surface area contributed by atoms with Gasteiger partial charge < -0.3 is 5.11 Å². The van der Waals surface area contributed by atoms with Crippen LogP contribution in [0, 0.1) is 6.92 Å². The van der Waals surface area contributed by atoms with Crippen LogP contribution in [0.2, 0.25) is 0 Å². The van der Waals surface area contributed by atoms with Gasteiger partial charge in [0.05, 0.1) is 16.5 Å². The van der Waals surface area contributed by atoms with Crippen LogP contribution in [0.4, 0.5) is 5.69 Å². The number of benzene rings is 1. The minimum atomic E-state index is -0.820. The normalized spacial score (nSPS) is 11.5. The van der Waals surface area contributed by atoms with E-state index in [1.807, 2.05) is 38.1 Å². The molecular formula is C11H13NO2S. The van der Waals surface area contributed by atoms with Crippen molar-refractivity contribution in [3.63, 3.8) is 0 Å². The third-order valence-corrected chi connectivity index (χ3v) is 2.70. The maximum Gasteiger partial charge on any atom is 0.313 e. The quantitative estimate of drug-likeness (QED) is 0.633. The predicted molar refractivity (Wildman–Crippen MR) is 64.0 cm³/mol. The minimum Gasteiger partial charge on any atom is -0.481 e. The maximum absolute atomic E-state index is 10.3. The summed E-state index contributed by atoms with van der Waals surface area (Å²) in [5.74, 6) is -0.763. The lowest BCUT2D eigenvalue weighted by Crippen LogP contribution is -2.00. The molecule has 1 N–H and O–H groups in total. The van der Waals surface area contributed by atoms with E-state index in [-0.39, 0.29) is 5.75 Å². The van der Waals surface area contributed by atoms with E-state index in [0.717, 1.165) is 16.3 Å². The molecule has 0 bridgehead atoms. The lowest BCUT2D eigenvalue weighted by molar-refractivity contribution is -0.133. The molecule has 0 radical (unpaired) electrons. The Hall–Kier alpha value is -1.29. The zero-order chi connectivity index (χ0) is 11.3. The van der Waals surface area contributed by atoms with Gasteiger partial charge in [-0.15, -0.1) is 0 Å². The second-order valence-electron chi connectivity index (χ2n) is 3.10. The Kier molecular flexibility index (Phi) is 4.37. The van der Waals surface area contributed by atoms with E-state index in [1.54, 1.807) is 0 Å². The van der Waals surface area contributed by atoms with E-state index in [0.29, 0.717) is 0 Å². The van der Waals surface area contributed by atoms with Gasteiger partial charge in [-0.1, -0.05) is 30.0 Å². The molecule has 0 aliphatic rings. The van der Waals surface area contributed by atoms with Gasteiger partial charge in [-0.25, -0.2) is 4.99 Å². The van der Waals surface area contributed by atoms with E-state index in [4.69, 9.17) is 5.11 Å². The molecule has 80 valence electrons. The molecule has 0 amide bonds. The summed E-state index contributed by atoms with van der Waals surface area (Å²) in [5.41, 5.74) is 1.99. The fourth-order valence-corrected chi connectivity index (χ4v) is 1.55. The summed E-state index contributed by atoms with van der Waals surface area (Å²) in [6.45, 7) is 3.80. The summed E-state index contributed by atoms with van der Waals surface area (Å²) in [6.07, 6.45) is 0. The number of rotatable bonds is 3. The van der Waals surface area contributed by atoms with Gasteiger partial charge in [0, 0.05) is 0 Å². The van der Waals surface area contributed by atoms with Gasteiger partial charge in [-0.3, -0.25) is 4.79 Å². The van der Waals surface area contributed by atoms with Gasteiger partial charge >= 0.3 is 5.97 Å². The van der Waals surface area contributed by atoms with Crippen LogP contribution in [0.5, 0.6) is 0 Å². The van der Waals surface area contributed by atoms with Crippen LogP contribution >= 0.6 is 11.8 Å². The molecule has 0 saturated carbocycles. The van der Waals surface area contributed by atoms with Crippen molar-refractivity contribution < 1.29 is 9.90 Å². The van der Waals surface area contributed by atoms with E-state index in [1.165, 1.54) is 11.8 Å². The summed E-state index contributed by atoms with van der Waals surface area (Å²) in [4.78, 5) is 14.7. The molecule has 0 unspecified atom stereocenters. The summed E-state index contributed by atoms with van der Waals surface area (Å²) >= 11 is 1.24. The molecule has 0 atom stereocenters. The van der Waals surface area contributed by atoms with Gasteiger partial charge in [0.15, 0.2) is 0 Å². The highest BCUT2D eigenvalue weighted by Crippen LogP contribution is 2.19. The van der Waals surface area contributed by atoms with Crippen molar-refractivity contribution in [1.29, 1.82) is 0 Å². The number of hydrogen-bond donors (Lipinski definition) is 1. The van der Waals surface area contributed by atoms with Crippen LogP contribution in [0.25, 0.3) is 0 Å². The van der Waals surface area contributed by atoms with Crippen molar-refractivity contribution in [3.8, 4) is 0 Å². The monoisotopic (exact) mass is 223 g/mol. The Morgan fingerprint density at radius 3 is 2.73 bits per heavy atom. The molecule has 0 aliphatic carbocycles. The van der Waals surface area contributed by atoms with Gasteiger partial charge in [0.25, 0.3) is 0 Å². The average Bonchev–Trinajstić information content (AvgIpc) is 2.18. The number of thioether (sulfide) groups is 1. The summed E-state index contributed by atoms with van der Waals surface area (Å²) in [6, 6.07) is 7.77. The smallest absolute Gasteiger partial charge is 0.313 e. The van der Waals surface area contributed by atoms with Gasteiger partial charge in [0.1, 0.15) is 0 Å². The molecule has 3 nitrogen and oxygen atoms in total. The molecule has 0 heterocycles. The molecular weight excluding hydrogens is 210 g/mol. The topological polar surface area (TPSA) is 49.7 Å². The van der Waals surface area contributed by atoms with Crippen LogP contribution in [0.3, 0.4) is 0 Å². The van der Waals surface area contributed by atoms with Crippen molar-refractivity contribution in [2.75, 3.05) is 5.75 Å². The third-order valence-electron chi connectivity index (χ3n) is 1.80. The van der Waals surface area contributed by atoms with E-state index in [2.05, 4.69) is 4.99 Å². The van der Waals surface area contributed by atoms with Crippen molar-refractivity contribution in [2.24, 2.45) is 4.99 Å². The Balaban J connectivity index is 2.70. The zero-order valence-corrected chi connectivity index (χ0v) is 9.54. The molecule has 1 aromatic carbocycles. The van der Waals surface area contributed by atoms with Crippen LogP contribution < -0.4 is 0 Å². The minimum absolute atomic E-state index is 0.0568. The predicted octanol–water partition coefficient (Wildman–Crippen LogP) is 2.86. The number of hydrogen-bond acceptors (Lipinski definition) is 3.